The number of aromatic nitrogens is 2. The standard InChI is InChI=1S/C18H13Br2N3O4S2/c19-11-4-6-14(7-5-11)29(26,27)15-9-21-18(23-17(15)25)28-10-16(24)22-13-3-1-2-12(20)8-13/h1-9H,10H2,(H,22,24)(H,21,23,25). The van der Waals surface area contributed by atoms with Gasteiger partial charge in [0.2, 0.25) is 15.7 Å². The molecule has 0 fully saturated rings. The maximum atomic E-state index is 12.6. The van der Waals surface area contributed by atoms with E-state index in [1.165, 1.54) is 12.1 Å². The Bertz CT molecular complexity index is 1210. The molecule has 0 atom stereocenters. The zero-order valence-corrected chi connectivity index (χ0v) is 19.4. The minimum absolute atomic E-state index is 0.00569. The summed E-state index contributed by atoms with van der Waals surface area (Å²) in [6.45, 7) is 0. The van der Waals surface area contributed by atoms with Crippen LogP contribution in [0.15, 0.2) is 83.4 Å². The number of carbonyl (C=O) groups excluding carboxylic acids is 1. The van der Waals surface area contributed by atoms with Gasteiger partial charge in [0, 0.05) is 14.6 Å². The predicted octanol–water partition coefficient (Wildman–Crippen LogP) is 3.86. The van der Waals surface area contributed by atoms with Crippen LogP contribution in [-0.4, -0.2) is 30.0 Å². The molecule has 0 spiro atoms. The minimum atomic E-state index is -4.00. The number of sulfone groups is 1. The van der Waals surface area contributed by atoms with Gasteiger partial charge >= 0.3 is 0 Å². The first-order valence-corrected chi connectivity index (χ1v) is 12.1. The van der Waals surface area contributed by atoms with Gasteiger partial charge in [-0.15, -0.1) is 0 Å². The number of halogens is 2. The van der Waals surface area contributed by atoms with Gasteiger partial charge in [0.25, 0.3) is 5.56 Å². The van der Waals surface area contributed by atoms with Crippen LogP contribution in [-0.2, 0) is 14.6 Å². The van der Waals surface area contributed by atoms with E-state index in [1.807, 2.05) is 6.07 Å². The Hall–Kier alpha value is -1.95. The molecule has 11 heteroatoms. The van der Waals surface area contributed by atoms with Crippen molar-refractivity contribution >= 4 is 65.1 Å². The van der Waals surface area contributed by atoms with Crippen LogP contribution in [0, 0.1) is 0 Å². The molecule has 1 heterocycles. The van der Waals surface area contributed by atoms with Crippen molar-refractivity contribution in [2.75, 3.05) is 11.1 Å². The van der Waals surface area contributed by atoms with Crippen molar-refractivity contribution in [1.29, 1.82) is 0 Å². The molecule has 7 nitrogen and oxygen atoms in total. The van der Waals surface area contributed by atoms with E-state index in [1.54, 1.807) is 30.3 Å². The lowest BCUT2D eigenvalue weighted by molar-refractivity contribution is -0.113. The van der Waals surface area contributed by atoms with Crippen molar-refractivity contribution in [3.63, 3.8) is 0 Å². The second-order valence-electron chi connectivity index (χ2n) is 5.69. The lowest BCUT2D eigenvalue weighted by atomic mass is 10.3. The molecule has 0 saturated carbocycles. The molecule has 3 rings (SSSR count). The molecule has 29 heavy (non-hydrogen) atoms. The van der Waals surface area contributed by atoms with E-state index < -0.39 is 20.3 Å². The van der Waals surface area contributed by atoms with Crippen molar-refractivity contribution in [2.45, 2.75) is 14.9 Å². The minimum Gasteiger partial charge on any atom is -0.325 e. The fourth-order valence-corrected chi connectivity index (χ4v) is 4.80. The molecule has 1 amide bonds. The number of carbonyl (C=O) groups is 1. The molecule has 3 aromatic rings. The molecule has 0 unspecified atom stereocenters. The van der Waals surface area contributed by atoms with E-state index in [0.29, 0.717) is 5.69 Å². The molecular formula is C18H13Br2N3O4S2. The van der Waals surface area contributed by atoms with Gasteiger partial charge in [0.1, 0.15) is 0 Å². The molecule has 150 valence electrons. The van der Waals surface area contributed by atoms with Gasteiger partial charge in [0.05, 0.1) is 16.8 Å². The number of anilines is 1. The fourth-order valence-electron chi connectivity index (χ4n) is 2.27. The number of thioether (sulfide) groups is 1. The van der Waals surface area contributed by atoms with Crippen LogP contribution in [0.5, 0.6) is 0 Å². The maximum absolute atomic E-state index is 12.6. The van der Waals surface area contributed by atoms with Gasteiger partial charge in [0.15, 0.2) is 10.1 Å². The number of aromatic amines is 1. The molecule has 0 saturated heterocycles. The van der Waals surface area contributed by atoms with Crippen LogP contribution in [0.1, 0.15) is 0 Å². The Morgan fingerprint density at radius 3 is 2.48 bits per heavy atom. The van der Waals surface area contributed by atoms with Gasteiger partial charge in [-0.2, -0.15) is 0 Å². The summed E-state index contributed by atoms with van der Waals surface area (Å²) in [6, 6.07) is 13.1. The van der Waals surface area contributed by atoms with Gasteiger partial charge < -0.3 is 10.3 Å². The summed E-state index contributed by atoms with van der Waals surface area (Å²) in [7, 11) is -4.00. The largest absolute Gasteiger partial charge is 0.325 e. The highest BCUT2D eigenvalue weighted by Crippen LogP contribution is 2.21. The highest BCUT2D eigenvalue weighted by Gasteiger charge is 2.22. The van der Waals surface area contributed by atoms with Crippen molar-refractivity contribution in [3.05, 3.63) is 74.0 Å². The molecule has 0 aliphatic carbocycles. The molecule has 2 N–H and O–H groups in total. The summed E-state index contributed by atoms with van der Waals surface area (Å²) in [5.41, 5.74) is -0.166. The first-order valence-electron chi connectivity index (χ1n) is 8.04. The van der Waals surface area contributed by atoms with Gasteiger partial charge in [-0.05, 0) is 42.5 Å². The van der Waals surface area contributed by atoms with E-state index in [9.17, 15) is 18.0 Å². The molecule has 1 aromatic heterocycles. The van der Waals surface area contributed by atoms with Crippen molar-refractivity contribution in [1.82, 2.24) is 9.97 Å². The van der Waals surface area contributed by atoms with Crippen LogP contribution in [0.2, 0.25) is 0 Å². The molecule has 0 bridgehead atoms. The van der Waals surface area contributed by atoms with E-state index in [-0.39, 0.29) is 21.7 Å². The third-order valence-corrected chi connectivity index (χ3v) is 7.28. The van der Waals surface area contributed by atoms with Gasteiger partial charge in [-0.1, -0.05) is 49.7 Å². The average molecular weight is 559 g/mol. The van der Waals surface area contributed by atoms with Gasteiger partial charge in [-0.25, -0.2) is 13.4 Å². The van der Waals surface area contributed by atoms with Crippen LogP contribution in [0.25, 0.3) is 0 Å². The zero-order valence-electron chi connectivity index (χ0n) is 14.6. The summed E-state index contributed by atoms with van der Waals surface area (Å²) >= 11 is 7.55. The molecule has 0 radical (unpaired) electrons. The molecule has 0 aliphatic heterocycles. The quantitative estimate of drug-likeness (QED) is 0.351. The lowest BCUT2D eigenvalue weighted by Gasteiger charge is -2.06. The third kappa shape index (κ3) is 5.56. The van der Waals surface area contributed by atoms with Crippen LogP contribution < -0.4 is 10.9 Å². The SMILES string of the molecule is O=C(CSc1ncc(S(=O)(=O)c2ccc(Br)cc2)c(=O)[nH]1)Nc1cccc(Br)c1. The number of hydrogen-bond acceptors (Lipinski definition) is 6. The van der Waals surface area contributed by atoms with Crippen LogP contribution in [0.4, 0.5) is 5.69 Å². The normalized spacial score (nSPS) is 11.2. The Morgan fingerprint density at radius 2 is 1.83 bits per heavy atom. The first kappa shape index (κ1) is 21.8. The fraction of sp³-hybridized carbons (Fsp3) is 0.0556. The van der Waals surface area contributed by atoms with E-state index in [0.717, 1.165) is 26.9 Å². The number of rotatable bonds is 6. The monoisotopic (exact) mass is 557 g/mol. The van der Waals surface area contributed by atoms with E-state index in [2.05, 4.69) is 47.1 Å². The predicted molar refractivity (Wildman–Crippen MR) is 118 cm³/mol. The molecule has 2 aromatic carbocycles. The summed E-state index contributed by atoms with van der Waals surface area (Å²) in [6.07, 6.45) is 1.00. The summed E-state index contributed by atoms with van der Waals surface area (Å²) in [4.78, 5) is 30.3. The Labute approximate surface area is 187 Å². The number of amides is 1. The summed E-state index contributed by atoms with van der Waals surface area (Å²) in [5.74, 6) is -0.295. The third-order valence-electron chi connectivity index (χ3n) is 3.61. The Morgan fingerprint density at radius 1 is 1.10 bits per heavy atom. The summed E-state index contributed by atoms with van der Waals surface area (Å²) in [5, 5.41) is 2.87. The number of benzene rings is 2. The van der Waals surface area contributed by atoms with Crippen molar-refractivity contribution in [2.24, 2.45) is 0 Å². The van der Waals surface area contributed by atoms with Crippen molar-refractivity contribution in [3.8, 4) is 0 Å². The highest BCUT2D eigenvalue weighted by atomic mass is 79.9. The molecular weight excluding hydrogens is 546 g/mol. The van der Waals surface area contributed by atoms with E-state index in [4.69, 9.17) is 0 Å². The second-order valence-corrected chi connectivity index (χ2v) is 10.4. The lowest BCUT2D eigenvalue weighted by Crippen LogP contribution is -2.20. The first-order chi connectivity index (χ1) is 13.8. The van der Waals surface area contributed by atoms with E-state index >= 15 is 0 Å². The number of H-pyrrole nitrogens is 1. The average Bonchev–Trinajstić information content (AvgIpc) is 2.66. The topological polar surface area (TPSA) is 109 Å². The maximum Gasteiger partial charge on any atom is 0.270 e. The number of nitrogens with one attached hydrogen (secondary N) is 2. The second kappa shape index (κ2) is 9.24. The smallest absolute Gasteiger partial charge is 0.270 e. The molecule has 0 aliphatic rings. The van der Waals surface area contributed by atoms with Gasteiger partial charge in [-0.3, -0.25) is 9.59 Å². The Balaban J connectivity index is 1.70. The summed E-state index contributed by atoms with van der Waals surface area (Å²) < 4.78 is 26.8. The van der Waals surface area contributed by atoms with Crippen LogP contribution >= 0.6 is 43.6 Å². The van der Waals surface area contributed by atoms with Crippen LogP contribution in [0.3, 0.4) is 0 Å². The highest BCUT2D eigenvalue weighted by molar-refractivity contribution is 9.10. The van der Waals surface area contributed by atoms with Crippen molar-refractivity contribution < 1.29 is 13.2 Å². The number of nitrogens with zero attached hydrogens (tertiary/aromatic N) is 1. The Kier molecular flexibility index (Phi) is 6.93. The zero-order chi connectivity index (χ0) is 21.0. The number of hydrogen-bond donors (Lipinski definition) is 2.